The lowest BCUT2D eigenvalue weighted by atomic mass is 10.0. The normalized spacial score (nSPS) is 13.0. The van der Waals surface area contributed by atoms with Crippen molar-refractivity contribution in [1.29, 1.82) is 0 Å². The molecule has 0 bridgehead atoms. The van der Waals surface area contributed by atoms with Crippen LogP contribution in [0.15, 0.2) is 36.4 Å². The van der Waals surface area contributed by atoms with Crippen molar-refractivity contribution in [3.05, 3.63) is 42.0 Å². The van der Waals surface area contributed by atoms with Crippen molar-refractivity contribution in [3.8, 4) is 28.7 Å². The number of hydrogen-bond acceptors (Lipinski definition) is 7. The lowest BCUT2D eigenvalue weighted by Crippen LogP contribution is -2.29. The first-order chi connectivity index (χ1) is 12.0. The van der Waals surface area contributed by atoms with E-state index in [0.29, 0.717) is 17.1 Å². The van der Waals surface area contributed by atoms with Crippen molar-refractivity contribution in [2.75, 3.05) is 27.9 Å². The van der Waals surface area contributed by atoms with Crippen LogP contribution in [0.1, 0.15) is 11.7 Å². The molecule has 0 spiro atoms. The van der Waals surface area contributed by atoms with Crippen LogP contribution in [0.5, 0.6) is 28.7 Å². The SMILES string of the molecule is COc1ccccc1O[C@@H](CO)[C@H](O)c1cc(OC)c(O)c(OC)c1. The minimum Gasteiger partial charge on any atom is -0.502 e. The van der Waals surface area contributed by atoms with Gasteiger partial charge in [-0.15, -0.1) is 0 Å². The molecule has 7 heteroatoms. The molecule has 2 aromatic rings. The lowest BCUT2D eigenvalue weighted by molar-refractivity contribution is -0.000610. The summed E-state index contributed by atoms with van der Waals surface area (Å²) in [5.74, 6) is 0.978. The van der Waals surface area contributed by atoms with Gasteiger partial charge in [0.1, 0.15) is 6.10 Å². The molecule has 25 heavy (non-hydrogen) atoms. The molecule has 2 rings (SSSR count). The summed E-state index contributed by atoms with van der Waals surface area (Å²) in [6.07, 6.45) is -2.16. The van der Waals surface area contributed by atoms with E-state index in [2.05, 4.69) is 0 Å². The second-order valence-electron chi connectivity index (χ2n) is 5.21. The van der Waals surface area contributed by atoms with E-state index >= 15 is 0 Å². The average molecular weight is 350 g/mol. The van der Waals surface area contributed by atoms with Gasteiger partial charge in [0.05, 0.1) is 27.9 Å². The topological polar surface area (TPSA) is 97.6 Å². The summed E-state index contributed by atoms with van der Waals surface area (Å²) in [4.78, 5) is 0. The molecule has 0 heterocycles. The predicted molar refractivity (Wildman–Crippen MR) is 90.7 cm³/mol. The van der Waals surface area contributed by atoms with Gasteiger partial charge in [0.25, 0.3) is 0 Å². The third kappa shape index (κ3) is 4.07. The Labute approximate surface area is 146 Å². The Morgan fingerprint density at radius 3 is 1.88 bits per heavy atom. The summed E-state index contributed by atoms with van der Waals surface area (Å²) in [5.41, 5.74) is 0.362. The standard InChI is InChI=1S/C18H22O7/c1-22-12-6-4-5-7-13(12)25-16(10-19)17(20)11-8-14(23-2)18(21)15(9-11)24-3/h4-9,16-17,19-21H,10H2,1-3H3/t16-,17+/m0/s1. The molecule has 0 radical (unpaired) electrons. The number of aromatic hydroxyl groups is 1. The van der Waals surface area contributed by atoms with Crippen LogP contribution in [-0.4, -0.2) is 49.4 Å². The number of hydrogen-bond donors (Lipinski definition) is 3. The number of aliphatic hydroxyl groups excluding tert-OH is 2. The van der Waals surface area contributed by atoms with Gasteiger partial charge in [0.2, 0.25) is 5.75 Å². The Hall–Kier alpha value is -2.64. The molecular weight excluding hydrogens is 328 g/mol. The van der Waals surface area contributed by atoms with Crippen LogP contribution in [0.25, 0.3) is 0 Å². The van der Waals surface area contributed by atoms with Crippen molar-refractivity contribution in [1.82, 2.24) is 0 Å². The molecule has 0 unspecified atom stereocenters. The first kappa shape index (κ1) is 18.7. The van der Waals surface area contributed by atoms with E-state index in [9.17, 15) is 15.3 Å². The van der Waals surface area contributed by atoms with E-state index in [-0.39, 0.29) is 17.2 Å². The Morgan fingerprint density at radius 1 is 0.880 bits per heavy atom. The Morgan fingerprint density at radius 2 is 1.40 bits per heavy atom. The van der Waals surface area contributed by atoms with Gasteiger partial charge in [-0.1, -0.05) is 12.1 Å². The summed E-state index contributed by atoms with van der Waals surface area (Å²) < 4.78 is 21.1. The number of phenols is 1. The molecule has 3 N–H and O–H groups in total. The van der Waals surface area contributed by atoms with E-state index in [1.807, 2.05) is 0 Å². The molecule has 136 valence electrons. The number of para-hydroxylation sites is 2. The number of methoxy groups -OCH3 is 3. The van der Waals surface area contributed by atoms with Crippen molar-refractivity contribution in [3.63, 3.8) is 0 Å². The summed E-state index contributed by atoms with van der Waals surface area (Å²) >= 11 is 0. The van der Waals surface area contributed by atoms with Crippen LogP contribution in [0, 0.1) is 0 Å². The zero-order valence-electron chi connectivity index (χ0n) is 14.3. The van der Waals surface area contributed by atoms with Crippen molar-refractivity contribution in [2.45, 2.75) is 12.2 Å². The van der Waals surface area contributed by atoms with Gasteiger partial charge in [-0.2, -0.15) is 0 Å². The Balaban J connectivity index is 2.32. The molecule has 0 saturated carbocycles. The van der Waals surface area contributed by atoms with Crippen LogP contribution in [0.4, 0.5) is 0 Å². The molecule has 7 nitrogen and oxygen atoms in total. The number of phenolic OH excluding ortho intramolecular Hbond substituents is 1. The van der Waals surface area contributed by atoms with Gasteiger partial charge in [-0.25, -0.2) is 0 Å². The van der Waals surface area contributed by atoms with Gasteiger partial charge in [-0.05, 0) is 29.8 Å². The fourth-order valence-corrected chi connectivity index (χ4v) is 2.38. The summed E-state index contributed by atoms with van der Waals surface area (Å²) in [6, 6.07) is 9.83. The molecule has 0 saturated heterocycles. The molecule has 2 atom stereocenters. The molecule has 0 aromatic heterocycles. The largest absolute Gasteiger partial charge is 0.502 e. The van der Waals surface area contributed by atoms with Crippen LogP contribution in [-0.2, 0) is 0 Å². The first-order valence-corrected chi connectivity index (χ1v) is 7.59. The first-order valence-electron chi connectivity index (χ1n) is 7.59. The fraction of sp³-hybridized carbons (Fsp3) is 0.333. The molecule has 0 aliphatic carbocycles. The summed E-state index contributed by atoms with van der Waals surface area (Å²) in [6.45, 7) is -0.440. The monoisotopic (exact) mass is 350 g/mol. The molecule has 0 amide bonds. The smallest absolute Gasteiger partial charge is 0.200 e. The second kappa shape index (κ2) is 8.46. The van der Waals surface area contributed by atoms with Gasteiger partial charge in [0, 0.05) is 0 Å². The summed E-state index contributed by atoms with van der Waals surface area (Å²) in [7, 11) is 4.28. The number of rotatable bonds is 8. The molecule has 0 aliphatic heterocycles. The van der Waals surface area contributed by atoms with Crippen molar-refractivity contribution < 1.29 is 34.3 Å². The third-order valence-electron chi connectivity index (χ3n) is 3.72. The van der Waals surface area contributed by atoms with Crippen LogP contribution < -0.4 is 18.9 Å². The fourth-order valence-electron chi connectivity index (χ4n) is 2.38. The maximum atomic E-state index is 10.6. The van der Waals surface area contributed by atoms with E-state index in [4.69, 9.17) is 18.9 Å². The van der Waals surface area contributed by atoms with Crippen molar-refractivity contribution in [2.24, 2.45) is 0 Å². The second-order valence-corrected chi connectivity index (χ2v) is 5.21. The number of ether oxygens (including phenoxy) is 4. The number of benzene rings is 2. The predicted octanol–water partition coefficient (Wildman–Crippen LogP) is 1.89. The number of aliphatic hydroxyl groups is 2. The van der Waals surface area contributed by atoms with E-state index in [1.165, 1.54) is 33.5 Å². The molecule has 0 fully saturated rings. The molecular formula is C18H22O7. The van der Waals surface area contributed by atoms with Gasteiger partial charge in [-0.3, -0.25) is 0 Å². The highest BCUT2D eigenvalue weighted by Crippen LogP contribution is 2.40. The van der Waals surface area contributed by atoms with E-state index in [1.54, 1.807) is 24.3 Å². The maximum Gasteiger partial charge on any atom is 0.200 e. The zero-order chi connectivity index (χ0) is 18.4. The highest BCUT2D eigenvalue weighted by Gasteiger charge is 2.26. The maximum absolute atomic E-state index is 10.6. The van der Waals surface area contributed by atoms with Gasteiger partial charge >= 0.3 is 0 Å². The highest BCUT2D eigenvalue weighted by atomic mass is 16.5. The molecule has 0 aliphatic rings. The minimum absolute atomic E-state index is 0.141. The van der Waals surface area contributed by atoms with Crippen LogP contribution in [0.3, 0.4) is 0 Å². The van der Waals surface area contributed by atoms with E-state index < -0.39 is 18.8 Å². The average Bonchev–Trinajstić information content (AvgIpc) is 2.65. The van der Waals surface area contributed by atoms with Gasteiger partial charge < -0.3 is 34.3 Å². The third-order valence-corrected chi connectivity index (χ3v) is 3.72. The summed E-state index contributed by atoms with van der Waals surface area (Å²) in [5, 5.41) is 30.2. The molecule has 2 aromatic carbocycles. The lowest BCUT2D eigenvalue weighted by Gasteiger charge is -2.24. The minimum atomic E-state index is -1.20. The Bertz CT molecular complexity index is 677. The van der Waals surface area contributed by atoms with Crippen molar-refractivity contribution >= 4 is 0 Å². The van der Waals surface area contributed by atoms with Gasteiger partial charge in [0.15, 0.2) is 29.1 Å². The van der Waals surface area contributed by atoms with Crippen LogP contribution >= 0.6 is 0 Å². The van der Waals surface area contributed by atoms with E-state index in [0.717, 1.165) is 0 Å². The zero-order valence-corrected chi connectivity index (χ0v) is 14.3. The van der Waals surface area contributed by atoms with Crippen LogP contribution in [0.2, 0.25) is 0 Å². The highest BCUT2D eigenvalue weighted by molar-refractivity contribution is 5.53. The Kier molecular flexibility index (Phi) is 6.32. The quantitative estimate of drug-likeness (QED) is 0.669.